The van der Waals surface area contributed by atoms with Gasteiger partial charge in [-0.25, -0.2) is 0 Å². The second kappa shape index (κ2) is 2.67. The molecule has 0 radical (unpaired) electrons. The lowest BCUT2D eigenvalue weighted by Crippen LogP contribution is -1.94. The van der Waals surface area contributed by atoms with E-state index >= 15 is 0 Å². The molecular weight excluding hydrogens is 136 g/mol. The van der Waals surface area contributed by atoms with Crippen molar-refractivity contribution in [2.24, 2.45) is 0 Å². The summed E-state index contributed by atoms with van der Waals surface area (Å²) in [6.45, 7) is 2.12. The topological polar surface area (TPSA) is 12.5 Å². The van der Waals surface area contributed by atoms with Gasteiger partial charge in [0, 0.05) is 6.42 Å². The fourth-order valence-electron chi connectivity index (χ4n) is 1.29. The smallest absolute Gasteiger partial charge is 0.0879 e. The predicted molar refractivity (Wildman–Crippen MR) is 44.5 cm³/mol. The lowest BCUT2D eigenvalue weighted by Gasteiger charge is -1.94. The molecule has 1 nitrogen and oxygen atoms in total. The van der Waals surface area contributed by atoms with E-state index in [0.717, 1.165) is 6.42 Å². The van der Waals surface area contributed by atoms with Gasteiger partial charge in [0.15, 0.2) is 0 Å². The average molecular weight is 148 g/mol. The van der Waals surface area contributed by atoms with Crippen LogP contribution in [0.4, 0.5) is 0 Å². The predicted octanol–water partition coefficient (Wildman–Crippen LogP) is 2.02. The van der Waals surface area contributed by atoms with Gasteiger partial charge in [0.05, 0.1) is 12.2 Å². The molecule has 1 heteroatoms. The Kier molecular flexibility index (Phi) is 1.66. The molecule has 1 aromatic carbocycles. The zero-order chi connectivity index (χ0) is 7.68. The molecule has 1 heterocycles. The molecule has 0 bridgehead atoms. The quantitative estimate of drug-likeness (QED) is 0.584. The number of rotatable bonds is 2. The van der Waals surface area contributed by atoms with E-state index < -0.39 is 0 Å². The summed E-state index contributed by atoms with van der Waals surface area (Å²) < 4.78 is 5.32. The van der Waals surface area contributed by atoms with E-state index in [2.05, 4.69) is 31.2 Å². The number of epoxide rings is 1. The fourth-order valence-corrected chi connectivity index (χ4v) is 1.29. The van der Waals surface area contributed by atoms with Crippen LogP contribution in [0.1, 0.15) is 12.5 Å². The van der Waals surface area contributed by atoms with E-state index in [1.165, 1.54) is 5.56 Å². The van der Waals surface area contributed by atoms with Gasteiger partial charge in [-0.05, 0) is 12.5 Å². The van der Waals surface area contributed by atoms with Crippen molar-refractivity contribution >= 4 is 0 Å². The summed E-state index contributed by atoms with van der Waals surface area (Å²) in [5.41, 5.74) is 1.38. The summed E-state index contributed by atoms with van der Waals surface area (Å²) in [5.74, 6) is 0. The Morgan fingerprint density at radius 2 is 1.91 bits per heavy atom. The summed E-state index contributed by atoms with van der Waals surface area (Å²) in [6, 6.07) is 10.5. The molecular formula is C10H12O. The lowest BCUT2D eigenvalue weighted by molar-refractivity contribution is 0.378. The van der Waals surface area contributed by atoms with Crippen molar-refractivity contribution in [2.45, 2.75) is 25.6 Å². The minimum atomic E-state index is 0.482. The highest BCUT2D eigenvalue weighted by Crippen LogP contribution is 2.24. The van der Waals surface area contributed by atoms with E-state index in [1.54, 1.807) is 0 Å². The molecule has 0 spiro atoms. The number of benzene rings is 1. The van der Waals surface area contributed by atoms with E-state index in [4.69, 9.17) is 4.74 Å². The summed E-state index contributed by atoms with van der Waals surface area (Å²) in [4.78, 5) is 0. The number of hydrogen-bond donors (Lipinski definition) is 0. The van der Waals surface area contributed by atoms with Crippen LogP contribution >= 0.6 is 0 Å². The standard InChI is InChI=1S/C10H12O/c1-8-10(11-8)7-9-5-3-2-4-6-9/h2-6,8,10H,7H2,1H3/t8-,10?/m0/s1. The van der Waals surface area contributed by atoms with Crippen molar-refractivity contribution in [2.75, 3.05) is 0 Å². The van der Waals surface area contributed by atoms with Crippen LogP contribution in [-0.2, 0) is 11.2 Å². The van der Waals surface area contributed by atoms with Gasteiger partial charge in [0.25, 0.3) is 0 Å². The zero-order valence-electron chi connectivity index (χ0n) is 6.66. The van der Waals surface area contributed by atoms with Crippen LogP contribution in [0, 0.1) is 0 Å². The van der Waals surface area contributed by atoms with Crippen molar-refractivity contribution in [3.8, 4) is 0 Å². The maximum Gasteiger partial charge on any atom is 0.0879 e. The molecule has 0 aromatic heterocycles. The molecule has 1 aliphatic rings. The van der Waals surface area contributed by atoms with Crippen molar-refractivity contribution in [3.05, 3.63) is 35.9 Å². The first-order valence-electron chi connectivity index (χ1n) is 4.05. The SMILES string of the molecule is C[C@@H]1OC1Cc1ccccc1. The highest BCUT2D eigenvalue weighted by atomic mass is 16.6. The van der Waals surface area contributed by atoms with Gasteiger partial charge >= 0.3 is 0 Å². The second-order valence-corrected chi connectivity index (χ2v) is 3.07. The lowest BCUT2D eigenvalue weighted by atomic mass is 10.1. The zero-order valence-corrected chi connectivity index (χ0v) is 6.66. The van der Waals surface area contributed by atoms with Gasteiger partial charge in [-0.3, -0.25) is 0 Å². The van der Waals surface area contributed by atoms with E-state index in [0.29, 0.717) is 12.2 Å². The number of hydrogen-bond acceptors (Lipinski definition) is 1. The molecule has 0 saturated carbocycles. The fraction of sp³-hybridized carbons (Fsp3) is 0.400. The van der Waals surface area contributed by atoms with Crippen molar-refractivity contribution in [1.29, 1.82) is 0 Å². The van der Waals surface area contributed by atoms with Crippen LogP contribution < -0.4 is 0 Å². The van der Waals surface area contributed by atoms with Crippen molar-refractivity contribution in [3.63, 3.8) is 0 Å². The van der Waals surface area contributed by atoms with Gasteiger partial charge < -0.3 is 4.74 Å². The molecule has 1 fully saturated rings. The Labute approximate surface area is 67.0 Å². The van der Waals surface area contributed by atoms with Crippen LogP contribution in [0.5, 0.6) is 0 Å². The van der Waals surface area contributed by atoms with Crippen molar-refractivity contribution < 1.29 is 4.74 Å². The normalized spacial score (nSPS) is 28.5. The third-order valence-corrected chi connectivity index (χ3v) is 2.12. The molecule has 11 heavy (non-hydrogen) atoms. The van der Waals surface area contributed by atoms with Crippen LogP contribution in [0.3, 0.4) is 0 Å². The maximum atomic E-state index is 5.32. The van der Waals surface area contributed by atoms with E-state index in [1.807, 2.05) is 6.07 Å². The summed E-state index contributed by atoms with van der Waals surface area (Å²) >= 11 is 0. The number of ether oxygens (including phenoxy) is 1. The molecule has 1 aliphatic heterocycles. The Hall–Kier alpha value is -0.820. The Bertz CT molecular complexity index is 230. The molecule has 58 valence electrons. The summed E-state index contributed by atoms with van der Waals surface area (Å²) in [5, 5.41) is 0. The van der Waals surface area contributed by atoms with Crippen LogP contribution in [0.2, 0.25) is 0 Å². The van der Waals surface area contributed by atoms with E-state index in [-0.39, 0.29) is 0 Å². The molecule has 0 aliphatic carbocycles. The highest BCUT2D eigenvalue weighted by molar-refractivity contribution is 5.16. The molecule has 2 atom stereocenters. The Balaban J connectivity index is 1.97. The Morgan fingerprint density at radius 3 is 2.45 bits per heavy atom. The first kappa shape index (κ1) is 6.86. The Morgan fingerprint density at radius 1 is 1.27 bits per heavy atom. The molecule has 1 saturated heterocycles. The van der Waals surface area contributed by atoms with Gasteiger partial charge in [-0.15, -0.1) is 0 Å². The minimum Gasteiger partial charge on any atom is -0.370 e. The van der Waals surface area contributed by atoms with Gasteiger partial charge in [0.2, 0.25) is 0 Å². The first-order valence-corrected chi connectivity index (χ1v) is 4.05. The molecule has 0 N–H and O–H groups in total. The largest absolute Gasteiger partial charge is 0.370 e. The third kappa shape index (κ3) is 1.60. The summed E-state index contributed by atoms with van der Waals surface area (Å²) in [6.07, 6.45) is 2.04. The van der Waals surface area contributed by atoms with Gasteiger partial charge in [-0.1, -0.05) is 30.3 Å². The molecule has 1 aromatic rings. The molecule has 2 rings (SSSR count). The van der Waals surface area contributed by atoms with Gasteiger partial charge in [0.1, 0.15) is 0 Å². The summed E-state index contributed by atoms with van der Waals surface area (Å²) in [7, 11) is 0. The second-order valence-electron chi connectivity index (χ2n) is 3.07. The third-order valence-electron chi connectivity index (χ3n) is 2.12. The van der Waals surface area contributed by atoms with Crippen LogP contribution in [0.25, 0.3) is 0 Å². The minimum absolute atomic E-state index is 0.482. The van der Waals surface area contributed by atoms with E-state index in [9.17, 15) is 0 Å². The monoisotopic (exact) mass is 148 g/mol. The maximum absolute atomic E-state index is 5.32. The molecule has 1 unspecified atom stereocenters. The van der Waals surface area contributed by atoms with Crippen LogP contribution in [0.15, 0.2) is 30.3 Å². The van der Waals surface area contributed by atoms with Crippen LogP contribution in [-0.4, -0.2) is 12.2 Å². The van der Waals surface area contributed by atoms with Gasteiger partial charge in [-0.2, -0.15) is 0 Å². The van der Waals surface area contributed by atoms with Crippen molar-refractivity contribution in [1.82, 2.24) is 0 Å². The highest BCUT2D eigenvalue weighted by Gasteiger charge is 2.33. The molecule has 0 amide bonds. The first-order chi connectivity index (χ1) is 5.36. The average Bonchev–Trinajstić information content (AvgIpc) is 2.69.